The number of rotatable bonds is 5. The van der Waals surface area contributed by atoms with Crippen LogP contribution in [0.2, 0.25) is 5.02 Å². The summed E-state index contributed by atoms with van der Waals surface area (Å²) in [6.07, 6.45) is 0.733. The van der Waals surface area contributed by atoms with Gasteiger partial charge in [0.15, 0.2) is 17.3 Å². The summed E-state index contributed by atoms with van der Waals surface area (Å²) in [5.41, 5.74) is 1.37. The summed E-state index contributed by atoms with van der Waals surface area (Å²) in [6.45, 7) is 2.41. The van der Waals surface area contributed by atoms with E-state index in [4.69, 9.17) is 30.5 Å². The Bertz CT molecular complexity index is 877. The van der Waals surface area contributed by atoms with E-state index in [0.29, 0.717) is 41.6 Å². The van der Waals surface area contributed by atoms with Crippen molar-refractivity contribution in [1.82, 2.24) is 0 Å². The molecule has 2 aromatic rings. The molecular weight excluding hydrogens is 372 g/mol. The molecule has 3 rings (SSSR count). The third-order valence-electron chi connectivity index (χ3n) is 4.08. The van der Waals surface area contributed by atoms with Crippen molar-refractivity contribution in [1.29, 1.82) is 0 Å². The molecule has 0 fully saturated rings. The number of esters is 1. The lowest BCUT2D eigenvalue weighted by molar-refractivity contribution is 0.0469. The van der Waals surface area contributed by atoms with Crippen LogP contribution in [0.3, 0.4) is 0 Å². The number of halogens is 1. The molecule has 0 N–H and O–H groups in total. The van der Waals surface area contributed by atoms with Gasteiger partial charge in [0.25, 0.3) is 0 Å². The number of fused-ring (bicyclic) bond motifs is 1. The maximum absolute atomic E-state index is 12.5. The van der Waals surface area contributed by atoms with Gasteiger partial charge >= 0.3 is 5.97 Å². The smallest absolute Gasteiger partial charge is 0.338 e. The van der Waals surface area contributed by atoms with Crippen LogP contribution in [0.25, 0.3) is 0 Å². The molecule has 1 aliphatic rings. The van der Waals surface area contributed by atoms with Crippen molar-refractivity contribution in [3.8, 4) is 17.2 Å². The fourth-order valence-corrected chi connectivity index (χ4v) is 2.95. The fraction of sp³-hybridized carbons (Fsp3) is 0.300. The Labute approximate surface area is 161 Å². The number of ether oxygens (including phenoxy) is 4. The lowest BCUT2D eigenvalue weighted by Crippen LogP contribution is -2.08. The minimum Gasteiger partial charge on any atom is -0.496 e. The van der Waals surface area contributed by atoms with Gasteiger partial charge in [-0.3, -0.25) is 4.79 Å². The van der Waals surface area contributed by atoms with E-state index in [1.54, 1.807) is 24.3 Å². The van der Waals surface area contributed by atoms with E-state index in [1.165, 1.54) is 20.1 Å². The topological polar surface area (TPSA) is 71.1 Å². The van der Waals surface area contributed by atoms with Crippen molar-refractivity contribution in [3.63, 3.8) is 0 Å². The van der Waals surface area contributed by atoms with Gasteiger partial charge in [-0.1, -0.05) is 11.6 Å². The fourth-order valence-electron chi connectivity index (χ4n) is 2.69. The molecule has 1 aliphatic heterocycles. The lowest BCUT2D eigenvalue weighted by atomic mass is 10.1. The average molecular weight is 391 g/mol. The molecule has 0 saturated heterocycles. The van der Waals surface area contributed by atoms with Crippen molar-refractivity contribution in [2.45, 2.75) is 20.0 Å². The summed E-state index contributed by atoms with van der Waals surface area (Å²) in [5, 5.41) is 0.289. The Balaban J connectivity index is 1.78. The van der Waals surface area contributed by atoms with Gasteiger partial charge in [-0.05, 0) is 37.3 Å². The molecule has 0 atom stereocenters. The molecule has 0 aliphatic carbocycles. The predicted octanol–water partition coefficient (Wildman–Crippen LogP) is 4.07. The Morgan fingerprint density at radius 3 is 2.63 bits per heavy atom. The van der Waals surface area contributed by atoms with Gasteiger partial charge in [-0.25, -0.2) is 4.79 Å². The number of carbonyl (C=O) groups excluding carboxylic acids is 2. The molecule has 0 bridgehead atoms. The normalized spacial score (nSPS) is 12.9. The molecule has 6 nitrogen and oxygen atoms in total. The molecule has 27 heavy (non-hydrogen) atoms. The molecule has 0 saturated carbocycles. The first-order chi connectivity index (χ1) is 13.0. The minimum absolute atomic E-state index is 0.0464. The maximum atomic E-state index is 12.5. The van der Waals surface area contributed by atoms with Crippen LogP contribution in [0, 0.1) is 0 Å². The summed E-state index contributed by atoms with van der Waals surface area (Å²) in [7, 11) is 1.51. The van der Waals surface area contributed by atoms with Crippen LogP contribution in [0.15, 0.2) is 30.3 Å². The average Bonchev–Trinajstić information content (AvgIpc) is 2.91. The maximum Gasteiger partial charge on any atom is 0.338 e. The highest BCUT2D eigenvalue weighted by atomic mass is 35.5. The Kier molecular flexibility index (Phi) is 5.86. The van der Waals surface area contributed by atoms with Crippen LogP contribution in [0.4, 0.5) is 0 Å². The van der Waals surface area contributed by atoms with Crippen LogP contribution in [0.5, 0.6) is 17.2 Å². The minimum atomic E-state index is -0.567. The Morgan fingerprint density at radius 1 is 1.11 bits per heavy atom. The quantitative estimate of drug-likeness (QED) is 0.566. The summed E-state index contributed by atoms with van der Waals surface area (Å²) < 4.78 is 21.8. The van der Waals surface area contributed by atoms with Gasteiger partial charge in [0.05, 0.1) is 30.9 Å². The molecule has 0 aromatic heterocycles. The van der Waals surface area contributed by atoms with Gasteiger partial charge in [0, 0.05) is 17.5 Å². The molecule has 142 valence electrons. The zero-order valence-electron chi connectivity index (χ0n) is 15.0. The number of methoxy groups -OCH3 is 1. The van der Waals surface area contributed by atoms with Gasteiger partial charge in [0.1, 0.15) is 12.4 Å². The molecule has 0 radical (unpaired) electrons. The lowest BCUT2D eigenvalue weighted by Gasteiger charge is -2.13. The number of benzene rings is 2. The van der Waals surface area contributed by atoms with E-state index in [0.717, 1.165) is 6.42 Å². The second kappa shape index (κ2) is 8.31. The SMILES string of the molecule is COc1ccc(C(C)=O)cc1COC(=O)c1cc(Cl)c2c(c1)OCCCO2. The van der Waals surface area contributed by atoms with E-state index in [1.807, 2.05) is 0 Å². The number of Topliss-reactive ketones (excluding diaryl/α,β-unsaturated/α-hetero) is 1. The molecular formula is C20H19ClO6. The van der Waals surface area contributed by atoms with Crippen molar-refractivity contribution in [2.24, 2.45) is 0 Å². The first-order valence-electron chi connectivity index (χ1n) is 8.43. The zero-order chi connectivity index (χ0) is 19.4. The summed E-state index contributed by atoms with van der Waals surface area (Å²) >= 11 is 6.21. The number of hydrogen-bond donors (Lipinski definition) is 0. The van der Waals surface area contributed by atoms with Crippen LogP contribution in [0.1, 0.15) is 39.6 Å². The first kappa shape index (κ1) is 19.0. The standard InChI is InChI=1S/C20H19ClO6/c1-12(22)13-4-5-17(24-2)15(8-13)11-27-20(23)14-9-16(21)19-18(10-14)25-6-3-7-26-19/h4-5,8-10H,3,6-7,11H2,1-2H3. The van der Waals surface area contributed by atoms with Gasteiger partial charge in [-0.15, -0.1) is 0 Å². The Hall–Kier alpha value is -2.73. The molecule has 0 unspecified atom stereocenters. The highest BCUT2D eigenvalue weighted by molar-refractivity contribution is 6.32. The second-order valence-corrected chi connectivity index (χ2v) is 6.40. The molecule has 0 spiro atoms. The van der Waals surface area contributed by atoms with Crippen LogP contribution < -0.4 is 14.2 Å². The number of carbonyl (C=O) groups is 2. The van der Waals surface area contributed by atoms with Gasteiger partial charge in [-0.2, -0.15) is 0 Å². The van der Waals surface area contributed by atoms with Gasteiger partial charge in [0.2, 0.25) is 0 Å². The number of hydrogen-bond acceptors (Lipinski definition) is 6. The monoisotopic (exact) mass is 390 g/mol. The van der Waals surface area contributed by atoms with E-state index in [9.17, 15) is 9.59 Å². The van der Waals surface area contributed by atoms with Crippen molar-refractivity contribution in [3.05, 3.63) is 52.0 Å². The van der Waals surface area contributed by atoms with Crippen LogP contribution >= 0.6 is 11.6 Å². The van der Waals surface area contributed by atoms with E-state index < -0.39 is 5.97 Å². The third kappa shape index (κ3) is 4.34. The molecule has 1 heterocycles. The Morgan fingerprint density at radius 2 is 1.89 bits per heavy atom. The van der Waals surface area contributed by atoms with Crippen molar-refractivity contribution in [2.75, 3.05) is 20.3 Å². The van der Waals surface area contributed by atoms with Crippen LogP contribution in [-0.4, -0.2) is 32.1 Å². The summed E-state index contributed by atoms with van der Waals surface area (Å²) in [6, 6.07) is 8.02. The third-order valence-corrected chi connectivity index (χ3v) is 4.36. The van der Waals surface area contributed by atoms with E-state index in [2.05, 4.69) is 0 Å². The zero-order valence-corrected chi connectivity index (χ0v) is 15.8. The predicted molar refractivity (Wildman–Crippen MR) is 99.2 cm³/mol. The molecule has 2 aromatic carbocycles. The molecule has 7 heteroatoms. The van der Waals surface area contributed by atoms with Crippen LogP contribution in [-0.2, 0) is 11.3 Å². The summed E-state index contributed by atoms with van der Waals surface area (Å²) in [5.74, 6) is 0.733. The number of ketones is 1. The summed E-state index contributed by atoms with van der Waals surface area (Å²) in [4.78, 5) is 24.0. The highest BCUT2D eigenvalue weighted by Crippen LogP contribution is 2.38. The first-order valence-corrected chi connectivity index (χ1v) is 8.81. The largest absolute Gasteiger partial charge is 0.496 e. The van der Waals surface area contributed by atoms with Crippen molar-refractivity contribution < 1.29 is 28.5 Å². The van der Waals surface area contributed by atoms with E-state index >= 15 is 0 Å². The molecule has 0 amide bonds. The highest BCUT2D eigenvalue weighted by Gasteiger charge is 2.19. The van der Waals surface area contributed by atoms with Gasteiger partial charge < -0.3 is 18.9 Å². The van der Waals surface area contributed by atoms with Crippen molar-refractivity contribution >= 4 is 23.4 Å². The second-order valence-electron chi connectivity index (χ2n) is 5.99. The van der Waals surface area contributed by atoms with E-state index in [-0.39, 0.29) is 23.0 Å².